The molecule has 3 aromatic rings. The van der Waals surface area contributed by atoms with Gasteiger partial charge in [-0.1, -0.05) is 48.5 Å². The van der Waals surface area contributed by atoms with E-state index < -0.39 is 6.10 Å². The Balaban J connectivity index is 1.93. The third-order valence-corrected chi connectivity index (χ3v) is 3.34. The summed E-state index contributed by atoms with van der Waals surface area (Å²) >= 11 is 0. The molecule has 0 unspecified atom stereocenters. The number of rotatable bonds is 3. The van der Waals surface area contributed by atoms with Gasteiger partial charge in [0.2, 0.25) is 0 Å². The Labute approximate surface area is 118 Å². The van der Waals surface area contributed by atoms with Crippen LogP contribution in [0, 0.1) is 0 Å². The predicted molar refractivity (Wildman–Crippen MR) is 81.1 cm³/mol. The summed E-state index contributed by atoms with van der Waals surface area (Å²) in [7, 11) is 0. The molecule has 0 aliphatic heterocycles. The van der Waals surface area contributed by atoms with Gasteiger partial charge in [-0.3, -0.25) is 0 Å². The van der Waals surface area contributed by atoms with E-state index in [2.05, 4.69) is 18.2 Å². The summed E-state index contributed by atoms with van der Waals surface area (Å²) in [6.07, 6.45) is -0.457. The molecule has 3 aromatic carbocycles. The molecule has 1 N–H and O–H groups in total. The summed E-state index contributed by atoms with van der Waals surface area (Å²) < 4.78 is 5.94. The van der Waals surface area contributed by atoms with Gasteiger partial charge in [0, 0.05) is 5.39 Å². The van der Waals surface area contributed by atoms with E-state index in [4.69, 9.17) is 4.74 Å². The number of aliphatic hydroxyl groups is 1. The molecule has 0 aromatic heterocycles. The molecule has 0 aliphatic carbocycles. The maximum absolute atomic E-state index is 9.50. The quantitative estimate of drug-likeness (QED) is 0.744. The summed E-state index contributed by atoms with van der Waals surface area (Å²) in [6, 6.07) is 21.7. The van der Waals surface area contributed by atoms with Crippen LogP contribution < -0.4 is 4.74 Å². The van der Waals surface area contributed by atoms with Crippen molar-refractivity contribution in [2.24, 2.45) is 0 Å². The molecule has 2 nitrogen and oxygen atoms in total. The van der Waals surface area contributed by atoms with Gasteiger partial charge in [-0.15, -0.1) is 0 Å². The minimum atomic E-state index is -0.457. The Kier molecular flexibility index (Phi) is 3.40. The van der Waals surface area contributed by atoms with Crippen LogP contribution in [0.5, 0.6) is 11.5 Å². The third-order valence-electron chi connectivity index (χ3n) is 3.34. The number of hydrogen-bond acceptors (Lipinski definition) is 2. The van der Waals surface area contributed by atoms with Crippen molar-refractivity contribution in [2.75, 3.05) is 0 Å². The molecular weight excluding hydrogens is 248 g/mol. The second kappa shape index (κ2) is 5.35. The summed E-state index contributed by atoms with van der Waals surface area (Å²) in [5.74, 6) is 1.61. The molecule has 0 fully saturated rings. The second-order valence-corrected chi connectivity index (χ2v) is 4.82. The molecule has 20 heavy (non-hydrogen) atoms. The van der Waals surface area contributed by atoms with E-state index in [0.717, 1.165) is 27.8 Å². The summed E-state index contributed by atoms with van der Waals surface area (Å²) in [5.41, 5.74) is 0.885. The lowest BCUT2D eigenvalue weighted by atomic mass is 10.1. The van der Waals surface area contributed by atoms with Gasteiger partial charge in [0.25, 0.3) is 0 Å². The van der Waals surface area contributed by atoms with Gasteiger partial charge in [-0.25, -0.2) is 0 Å². The Morgan fingerprint density at radius 1 is 0.850 bits per heavy atom. The fraction of sp³-hybridized carbons (Fsp3) is 0.111. The molecule has 0 bridgehead atoms. The lowest BCUT2D eigenvalue weighted by molar-refractivity contribution is 0.199. The average Bonchev–Trinajstić information content (AvgIpc) is 2.48. The van der Waals surface area contributed by atoms with Crippen LogP contribution in [0.4, 0.5) is 0 Å². The molecular formula is C18H16O2. The highest BCUT2D eigenvalue weighted by Crippen LogP contribution is 2.30. The highest BCUT2D eigenvalue weighted by atomic mass is 16.5. The second-order valence-electron chi connectivity index (χ2n) is 4.82. The third kappa shape index (κ3) is 2.51. The van der Waals surface area contributed by atoms with E-state index >= 15 is 0 Å². The predicted octanol–water partition coefficient (Wildman–Crippen LogP) is 4.69. The highest BCUT2D eigenvalue weighted by molar-refractivity contribution is 5.88. The van der Waals surface area contributed by atoms with Crippen molar-refractivity contribution < 1.29 is 9.84 Å². The van der Waals surface area contributed by atoms with Gasteiger partial charge in [-0.2, -0.15) is 0 Å². The maximum atomic E-state index is 9.50. The van der Waals surface area contributed by atoms with Gasteiger partial charge in [0.05, 0.1) is 6.10 Å². The summed E-state index contributed by atoms with van der Waals surface area (Å²) in [4.78, 5) is 0. The zero-order valence-corrected chi connectivity index (χ0v) is 11.3. The van der Waals surface area contributed by atoms with E-state index in [1.165, 1.54) is 0 Å². The van der Waals surface area contributed by atoms with Crippen LogP contribution >= 0.6 is 0 Å². The number of ether oxygens (including phenoxy) is 1. The smallest absolute Gasteiger partial charge is 0.135 e. The van der Waals surface area contributed by atoms with Crippen molar-refractivity contribution in [1.29, 1.82) is 0 Å². The largest absolute Gasteiger partial charge is 0.457 e. The first-order chi connectivity index (χ1) is 9.74. The Hall–Kier alpha value is -2.32. The van der Waals surface area contributed by atoms with E-state index in [1.54, 1.807) is 6.92 Å². The molecule has 1 atom stereocenters. The molecule has 3 rings (SSSR count). The van der Waals surface area contributed by atoms with Crippen LogP contribution in [-0.4, -0.2) is 5.11 Å². The zero-order chi connectivity index (χ0) is 13.9. The van der Waals surface area contributed by atoms with Gasteiger partial charge in [-0.05, 0) is 36.1 Å². The SMILES string of the molecule is C[C@@H](O)c1ccc(Oc2cccc3ccccc23)cc1. The minimum absolute atomic E-state index is 0.457. The van der Waals surface area contributed by atoms with Gasteiger partial charge in [0.15, 0.2) is 0 Å². The van der Waals surface area contributed by atoms with Crippen molar-refractivity contribution in [3.8, 4) is 11.5 Å². The maximum Gasteiger partial charge on any atom is 0.135 e. The van der Waals surface area contributed by atoms with Crippen LogP contribution in [0.2, 0.25) is 0 Å². The fourth-order valence-electron chi connectivity index (χ4n) is 2.23. The lowest BCUT2D eigenvalue weighted by Crippen LogP contribution is -1.91. The van der Waals surface area contributed by atoms with Gasteiger partial charge in [0.1, 0.15) is 11.5 Å². The first kappa shape index (κ1) is 12.7. The number of fused-ring (bicyclic) bond motifs is 1. The topological polar surface area (TPSA) is 29.5 Å². The number of hydrogen-bond donors (Lipinski definition) is 1. The molecule has 0 spiro atoms. The zero-order valence-electron chi connectivity index (χ0n) is 11.3. The van der Waals surface area contributed by atoms with Crippen molar-refractivity contribution in [3.63, 3.8) is 0 Å². The van der Waals surface area contributed by atoms with Gasteiger partial charge >= 0.3 is 0 Å². The molecule has 2 heteroatoms. The Bertz CT molecular complexity index is 710. The molecule has 100 valence electrons. The highest BCUT2D eigenvalue weighted by Gasteiger charge is 2.04. The first-order valence-electron chi connectivity index (χ1n) is 6.68. The number of aliphatic hydroxyl groups excluding tert-OH is 1. The summed E-state index contributed by atoms with van der Waals surface area (Å²) in [5, 5.41) is 11.8. The molecule has 0 amide bonds. The van der Waals surface area contributed by atoms with E-state index in [1.807, 2.05) is 48.5 Å². The van der Waals surface area contributed by atoms with E-state index in [9.17, 15) is 5.11 Å². The van der Waals surface area contributed by atoms with Crippen molar-refractivity contribution in [3.05, 3.63) is 72.3 Å². The standard InChI is InChI=1S/C18H16O2/c1-13(19)14-9-11-16(12-10-14)20-18-8-4-6-15-5-2-3-7-17(15)18/h2-13,19H,1H3/t13-/m1/s1. The van der Waals surface area contributed by atoms with Crippen molar-refractivity contribution >= 4 is 10.8 Å². The van der Waals surface area contributed by atoms with E-state index in [-0.39, 0.29) is 0 Å². The van der Waals surface area contributed by atoms with E-state index in [0.29, 0.717) is 0 Å². The van der Waals surface area contributed by atoms with Crippen LogP contribution in [0.1, 0.15) is 18.6 Å². The minimum Gasteiger partial charge on any atom is -0.457 e. The Morgan fingerprint density at radius 3 is 2.30 bits per heavy atom. The average molecular weight is 264 g/mol. The summed E-state index contributed by atoms with van der Waals surface area (Å²) in [6.45, 7) is 1.75. The fourth-order valence-corrected chi connectivity index (χ4v) is 2.23. The van der Waals surface area contributed by atoms with Crippen molar-refractivity contribution in [1.82, 2.24) is 0 Å². The monoisotopic (exact) mass is 264 g/mol. The van der Waals surface area contributed by atoms with Crippen LogP contribution in [0.25, 0.3) is 10.8 Å². The van der Waals surface area contributed by atoms with Gasteiger partial charge < -0.3 is 9.84 Å². The van der Waals surface area contributed by atoms with Crippen LogP contribution in [0.15, 0.2) is 66.7 Å². The molecule has 0 heterocycles. The molecule has 0 aliphatic rings. The normalized spacial score (nSPS) is 12.3. The Morgan fingerprint density at radius 2 is 1.55 bits per heavy atom. The molecule has 0 saturated carbocycles. The molecule has 0 saturated heterocycles. The van der Waals surface area contributed by atoms with Crippen LogP contribution in [-0.2, 0) is 0 Å². The van der Waals surface area contributed by atoms with Crippen molar-refractivity contribution in [2.45, 2.75) is 13.0 Å². The van der Waals surface area contributed by atoms with Crippen LogP contribution in [0.3, 0.4) is 0 Å². The number of benzene rings is 3. The first-order valence-corrected chi connectivity index (χ1v) is 6.68. The molecule has 0 radical (unpaired) electrons. The lowest BCUT2D eigenvalue weighted by Gasteiger charge is -2.10.